The van der Waals surface area contributed by atoms with E-state index in [-0.39, 0.29) is 12.0 Å². The second-order valence-electron chi connectivity index (χ2n) is 17.2. The van der Waals surface area contributed by atoms with Crippen molar-refractivity contribution in [2.45, 2.75) is 17.4 Å². The zero-order valence-corrected chi connectivity index (χ0v) is 34.6. The van der Waals surface area contributed by atoms with Gasteiger partial charge in [0, 0.05) is 33.8 Å². The van der Waals surface area contributed by atoms with Gasteiger partial charge >= 0.3 is 0 Å². The van der Waals surface area contributed by atoms with Crippen molar-refractivity contribution in [3.05, 3.63) is 271 Å². The molecular weight excluding hydrogens is 761 g/mol. The number of rotatable bonds is 6. The number of fused-ring (bicyclic) bond motifs is 9. The molecule has 0 saturated carbocycles. The minimum atomic E-state index is -0.468. The van der Waals surface area contributed by atoms with Crippen molar-refractivity contribution in [2.75, 3.05) is 4.90 Å². The number of allylic oxidation sites excluding steroid dienone is 2. The summed E-state index contributed by atoms with van der Waals surface area (Å²) in [7, 11) is 0. The van der Waals surface area contributed by atoms with E-state index in [4.69, 9.17) is 0 Å². The van der Waals surface area contributed by atoms with Gasteiger partial charge in [-0.1, -0.05) is 194 Å². The first-order valence-corrected chi connectivity index (χ1v) is 22.1. The van der Waals surface area contributed by atoms with Crippen LogP contribution in [0, 0.1) is 0 Å². The highest BCUT2D eigenvalue weighted by atomic mass is 15.2. The molecule has 63 heavy (non-hydrogen) atoms. The molecule has 2 aliphatic carbocycles. The lowest BCUT2D eigenvalue weighted by atomic mass is 9.65. The fraction of sp³-hybridized carbons (Fsp3) is 0.0492. The lowest BCUT2D eigenvalue weighted by Gasteiger charge is -2.38. The van der Waals surface area contributed by atoms with Gasteiger partial charge in [0.2, 0.25) is 0 Å². The molecule has 2 unspecified atom stereocenters. The van der Waals surface area contributed by atoms with Crippen LogP contribution in [0.1, 0.15) is 28.2 Å². The van der Waals surface area contributed by atoms with Gasteiger partial charge in [0.15, 0.2) is 0 Å². The minimum absolute atomic E-state index is 0.0906. The third-order valence-corrected chi connectivity index (χ3v) is 14.0. The number of nitrogens with zero attached hydrogens (tertiary/aromatic N) is 2. The van der Waals surface area contributed by atoms with Crippen LogP contribution in [0.3, 0.4) is 0 Å². The SMILES string of the molecule is C1=CC2C(C=C1C1(c3ccccc3)c3ccccc3-c3ccccc31)c1cc(-c3ccc4c5ccccc5n(-c5ccccc5)c4c3)ccc1N2c1cccc(-c2ccccc2)c1. The van der Waals surface area contributed by atoms with E-state index in [0.717, 1.165) is 0 Å². The largest absolute Gasteiger partial charge is 0.333 e. The molecule has 10 aromatic rings. The van der Waals surface area contributed by atoms with Crippen LogP contribution in [0.25, 0.3) is 60.9 Å². The molecule has 2 heterocycles. The Hall–Kier alpha value is -7.94. The molecule has 0 spiro atoms. The van der Waals surface area contributed by atoms with Crippen LogP contribution < -0.4 is 4.90 Å². The number of para-hydroxylation sites is 2. The fourth-order valence-corrected chi connectivity index (χ4v) is 11.3. The van der Waals surface area contributed by atoms with E-state index in [1.807, 2.05) is 0 Å². The maximum absolute atomic E-state index is 2.62. The summed E-state index contributed by atoms with van der Waals surface area (Å²) in [6.07, 6.45) is 7.56. The van der Waals surface area contributed by atoms with Gasteiger partial charge in [-0.05, 0) is 110 Å². The van der Waals surface area contributed by atoms with Crippen LogP contribution in [-0.4, -0.2) is 10.6 Å². The standard InChI is InChI=1S/C61H42N2/c1-4-17-41(18-5-1)42-19-16-24-48(37-42)63-58-35-32-43(44-31-34-52-51-27-12-15-30-57(51)62(60(52)39-44)47-22-8-3-9-23-47)38-53(58)54-40-46(33-36-59(54)63)61(45-20-6-2-7-21-45)55-28-13-10-25-49(55)50-26-11-14-29-56(50)61/h1-40,54,59H. The Morgan fingerprint density at radius 2 is 1.00 bits per heavy atom. The molecule has 13 rings (SSSR count). The van der Waals surface area contributed by atoms with Gasteiger partial charge in [-0.3, -0.25) is 0 Å². The number of anilines is 2. The number of hydrogen-bond acceptors (Lipinski definition) is 1. The molecule has 1 aromatic heterocycles. The van der Waals surface area contributed by atoms with Crippen molar-refractivity contribution in [3.63, 3.8) is 0 Å². The summed E-state index contributed by atoms with van der Waals surface area (Å²) in [5.74, 6) is 0.0975. The van der Waals surface area contributed by atoms with E-state index in [9.17, 15) is 0 Å². The van der Waals surface area contributed by atoms with Gasteiger partial charge in [0.05, 0.1) is 22.5 Å². The normalized spacial score (nSPS) is 16.7. The monoisotopic (exact) mass is 802 g/mol. The third-order valence-electron chi connectivity index (χ3n) is 14.0. The molecule has 2 atom stereocenters. The van der Waals surface area contributed by atoms with Crippen molar-refractivity contribution >= 4 is 33.2 Å². The smallest absolute Gasteiger partial charge is 0.0710 e. The van der Waals surface area contributed by atoms with Crippen molar-refractivity contribution in [2.24, 2.45) is 0 Å². The summed E-state index contributed by atoms with van der Waals surface area (Å²) in [4.78, 5) is 2.59. The Labute approximate surface area is 368 Å². The average Bonchev–Trinajstić information content (AvgIpc) is 3.98. The van der Waals surface area contributed by atoms with E-state index >= 15 is 0 Å². The highest BCUT2D eigenvalue weighted by Crippen LogP contribution is 2.59. The summed E-state index contributed by atoms with van der Waals surface area (Å²) in [6.45, 7) is 0. The quantitative estimate of drug-likeness (QED) is 0.163. The predicted molar refractivity (Wildman–Crippen MR) is 262 cm³/mol. The van der Waals surface area contributed by atoms with Gasteiger partial charge in [0.1, 0.15) is 0 Å². The highest BCUT2D eigenvalue weighted by molar-refractivity contribution is 6.10. The molecule has 0 bridgehead atoms. The Bertz CT molecular complexity index is 3420. The first-order chi connectivity index (χ1) is 31.3. The fourth-order valence-electron chi connectivity index (χ4n) is 11.3. The Morgan fingerprint density at radius 1 is 0.413 bits per heavy atom. The zero-order chi connectivity index (χ0) is 41.5. The maximum Gasteiger partial charge on any atom is 0.0710 e. The molecule has 2 nitrogen and oxygen atoms in total. The average molecular weight is 803 g/mol. The molecular formula is C61H42N2. The van der Waals surface area contributed by atoms with Gasteiger partial charge in [-0.15, -0.1) is 0 Å². The van der Waals surface area contributed by atoms with Crippen molar-refractivity contribution in [1.29, 1.82) is 0 Å². The van der Waals surface area contributed by atoms with Gasteiger partial charge in [-0.2, -0.15) is 0 Å². The Balaban J connectivity index is 1.02. The number of aromatic nitrogens is 1. The molecule has 0 fully saturated rings. The van der Waals surface area contributed by atoms with Crippen LogP contribution in [0.4, 0.5) is 11.4 Å². The second kappa shape index (κ2) is 14.1. The summed E-state index contributed by atoms with van der Waals surface area (Å²) in [5, 5.41) is 2.53. The second-order valence-corrected chi connectivity index (χ2v) is 17.2. The summed E-state index contributed by atoms with van der Waals surface area (Å²) < 4.78 is 2.42. The Kier molecular flexibility index (Phi) is 7.98. The molecule has 296 valence electrons. The van der Waals surface area contributed by atoms with E-state index in [2.05, 4.69) is 252 Å². The van der Waals surface area contributed by atoms with Crippen molar-refractivity contribution < 1.29 is 0 Å². The molecule has 2 heteroatoms. The topological polar surface area (TPSA) is 8.17 Å². The van der Waals surface area contributed by atoms with Crippen LogP contribution >= 0.6 is 0 Å². The predicted octanol–water partition coefficient (Wildman–Crippen LogP) is 15.2. The number of benzene rings is 9. The molecule has 9 aromatic carbocycles. The van der Waals surface area contributed by atoms with E-state index in [0.29, 0.717) is 0 Å². The molecule has 3 aliphatic rings. The summed E-state index contributed by atoms with van der Waals surface area (Å²) in [6, 6.07) is 83.0. The van der Waals surface area contributed by atoms with E-state index in [1.165, 1.54) is 100 Å². The third kappa shape index (κ3) is 5.31. The van der Waals surface area contributed by atoms with Gasteiger partial charge in [0.25, 0.3) is 0 Å². The molecule has 0 N–H and O–H groups in total. The van der Waals surface area contributed by atoms with Crippen LogP contribution in [-0.2, 0) is 5.41 Å². The molecule has 0 saturated heterocycles. The minimum Gasteiger partial charge on any atom is -0.333 e. The van der Waals surface area contributed by atoms with Crippen LogP contribution in [0.2, 0.25) is 0 Å². The van der Waals surface area contributed by atoms with Gasteiger partial charge < -0.3 is 9.47 Å². The maximum atomic E-state index is 2.62. The summed E-state index contributed by atoms with van der Waals surface area (Å²) in [5.41, 5.74) is 19.7. The highest BCUT2D eigenvalue weighted by Gasteiger charge is 2.49. The lowest BCUT2D eigenvalue weighted by Crippen LogP contribution is -2.34. The Morgan fingerprint density at radius 3 is 1.78 bits per heavy atom. The number of hydrogen-bond donors (Lipinski definition) is 0. The van der Waals surface area contributed by atoms with Crippen LogP contribution in [0.5, 0.6) is 0 Å². The first kappa shape index (κ1) is 35.8. The molecule has 0 amide bonds. The van der Waals surface area contributed by atoms with Crippen molar-refractivity contribution in [1.82, 2.24) is 4.57 Å². The first-order valence-electron chi connectivity index (χ1n) is 22.1. The van der Waals surface area contributed by atoms with Crippen molar-refractivity contribution in [3.8, 4) is 39.1 Å². The molecule has 1 aliphatic heterocycles. The van der Waals surface area contributed by atoms with Gasteiger partial charge in [-0.25, -0.2) is 0 Å². The van der Waals surface area contributed by atoms with Crippen LogP contribution in [0.15, 0.2) is 248 Å². The lowest BCUT2D eigenvalue weighted by molar-refractivity contribution is 0.694. The van der Waals surface area contributed by atoms with E-state index < -0.39 is 5.41 Å². The molecule has 0 radical (unpaired) electrons. The summed E-state index contributed by atoms with van der Waals surface area (Å²) >= 11 is 0. The zero-order valence-electron chi connectivity index (χ0n) is 34.6. The van der Waals surface area contributed by atoms with E-state index in [1.54, 1.807) is 0 Å².